The molecule has 88 valence electrons. The minimum Gasteiger partial charge on any atom is -0.492 e. The van der Waals surface area contributed by atoms with Crippen LogP contribution in [0.15, 0.2) is 18.2 Å². The van der Waals surface area contributed by atoms with E-state index in [2.05, 4.69) is 5.32 Å². The summed E-state index contributed by atoms with van der Waals surface area (Å²) in [7, 11) is 0. The largest absolute Gasteiger partial charge is 0.492 e. The molecule has 16 heavy (non-hydrogen) atoms. The minimum atomic E-state index is 0.450. The van der Waals surface area contributed by atoms with Gasteiger partial charge in [0.1, 0.15) is 12.4 Å². The van der Waals surface area contributed by atoms with Crippen LogP contribution in [-0.4, -0.2) is 19.2 Å². The lowest BCUT2D eigenvalue weighted by molar-refractivity contribution is 0.239. The van der Waals surface area contributed by atoms with Gasteiger partial charge in [0.2, 0.25) is 0 Å². The fraction of sp³-hybridized carbons (Fsp3) is 0.500. The number of benzene rings is 1. The molecule has 0 aliphatic carbocycles. The molecular formula is C12H15Cl2NO. The van der Waals surface area contributed by atoms with Crippen molar-refractivity contribution in [2.45, 2.75) is 25.3 Å². The predicted molar refractivity (Wildman–Crippen MR) is 67.6 cm³/mol. The minimum absolute atomic E-state index is 0.450. The van der Waals surface area contributed by atoms with Crippen molar-refractivity contribution < 1.29 is 4.74 Å². The molecule has 1 aliphatic rings. The first-order valence-electron chi connectivity index (χ1n) is 5.56. The standard InChI is InChI=1S/C12H15Cl2NO/c13-9-5-10(14)7-12(6-9)16-8-11-3-1-2-4-15-11/h5-7,11,15H,1-4,8H2. The van der Waals surface area contributed by atoms with Crippen LogP contribution in [0, 0.1) is 0 Å². The van der Waals surface area contributed by atoms with Gasteiger partial charge in [0.05, 0.1) is 0 Å². The molecule has 0 aromatic heterocycles. The molecule has 1 N–H and O–H groups in total. The van der Waals surface area contributed by atoms with Gasteiger partial charge in [-0.2, -0.15) is 0 Å². The molecule has 2 nitrogen and oxygen atoms in total. The molecule has 1 atom stereocenters. The summed E-state index contributed by atoms with van der Waals surface area (Å²) < 4.78 is 5.68. The third-order valence-corrected chi connectivity index (χ3v) is 3.14. The molecule has 1 fully saturated rings. The molecule has 0 bridgehead atoms. The van der Waals surface area contributed by atoms with Crippen molar-refractivity contribution in [2.75, 3.05) is 13.2 Å². The highest BCUT2D eigenvalue weighted by atomic mass is 35.5. The smallest absolute Gasteiger partial charge is 0.122 e. The SMILES string of the molecule is Clc1cc(Cl)cc(OCC2CCCCN2)c1. The summed E-state index contributed by atoms with van der Waals surface area (Å²) in [6.45, 7) is 1.76. The lowest BCUT2D eigenvalue weighted by Gasteiger charge is -2.23. The summed E-state index contributed by atoms with van der Waals surface area (Å²) in [5.74, 6) is 0.741. The van der Waals surface area contributed by atoms with E-state index < -0.39 is 0 Å². The van der Waals surface area contributed by atoms with Crippen molar-refractivity contribution in [3.63, 3.8) is 0 Å². The lowest BCUT2D eigenvalue weighted by atomic mass is 10.1. The number of nitrogens with one attached hydrogen (secondary N) is 1. The summed E-state index contributed by atoms with van der Waals surface area (Å²) >= 11 is 11.8. The average molecular weight is 260 g/mol. The van der Waals surface area contributed by atoms with Crippen LogP contribution >= 0.6 is 23.2 Å². The van der Waals surface area contributed by atoms with Gasteiger partial charge in [0, 0.05) is 16.1 Å². The number of ether oxygens (including phenoxy) is 1. The van der Waals surface area contributed by atoms with Crippen LogP contribution in [0.5, 0.6) is 5.75 Å². The molecule has 1 aliphatic heterocycles. The Morgan fingerprint density at radius 2 is 1.94 bits per heavy atom. The molecular weight excluding hydrogens is 245 g/mol. The molecule has 1 aromatic rings. The van der Waals surface area contributed by atoms with E-state index in [0.29, 0.717) is 22.7 Å². The number of hydrogen-bond acceptors (Lipinski definition) is 2. The molecule has 0 spiro atoms. The van der Waals surface area contributed by atoms with Crippen LogP contribution in [0.2, 0.25) is 10.0 Å². The van der Waals surface area contributed by atoms with Crippen molar-refractivity contribution in [2.24, 2.45) is 0 Å². The Hall–Kier alpha value is -0.440. The van der Waals surface area contributed by atoms with E-state index in [-0.39, 0.29) is 0 Å². The maximum absolute atomic E-state index is 5.89. The Morgan fingerprint density at radius 1 is 1.19 bits per heavy atom. The zero-order valence-electron chi connectivity index (χ0n) is 9.01. The van der Waals surface area contributed by atoms with Gasteiger partial charge in [-0.15, -0.1) is 0 Å². The van der Waals surface area contributed by atoms with Gasteiger partial charge in [0.15, 0.2) is 0 Å². The van der Waals surface area contributed by atoms with Gasteiger partial charge < -0.3 is 10.1 Å². The van der Waals surface area contributed by atoms with Crippen LogP contribution in [0.25, 0.3) is 0 Å². The number of piperidine rings is 1. The van der Waals surface area contributed by atoms with Gasteiger partial charge >= 0.3 is 0 Å². The van der Waals surface area contributed by atoms with Crippen molar-refractivity contribution >= 4 is 23.2 Å². The second kappa shape index (κ2) is 5.76. The first-order valence-corrected chi connectivity index (χ1v) is 6.32. The van der Waals surface area contributed by atoms with E-state index >= 15 is 0 Å². The van der Waals surface area contributed by atoms with Gasteiger partial charge in [0.25, 0.3) is 0 Å². The molecule has 0 radical (unpaired) electrons. The van der Waals surface area contributed by atoms with E-state index in [4.69, 9.17) is 27.9 Å². The summed E-state index contributed by atoms with van der Waals surface area (Å²) in [6.07, 6.45) is 3.71. The third-order valence-electron chi connectivity index (χ3n) is 2.70. The molecule has 4 heteroatoms. The molecule has 1 unspecified atom stereocenters. The average Bonchev–Trinajstić information content (AvgIpc) is 2.27. The van der Waals surface area contributed by atoms with Gasteiger partial charge in [-0.05, 0) is 37.6 Å². The first kappa shape index (κ1) is 12.0. The highest BCUT2D eigenvalue weighted by Gasteiger charge is 2.13. The fourth-order valence-corrected chi connectivity index (χ4v) is 2.38. The van der Waals surface area contributed by atoms with Crippen LogP contribution in [0.4, 0.5) is 0 Å². The second-order valence-electron chi connectivity index (χ2n) is 4.06. The van der Waals surface area contributed by atoms with Gasteiger partial charge in [-0.1, -0.05) is 29.6 Å². The van der Waals surface area contributed by atoms with E-state index in [9.17, 15) is 0 Å². The van der Waals surface area contributed by atoms with Crippen LogP contribution in [-0.2, 0) is 0 Å². The first-order chi connectivity index (χ1) is 7.74. The quantitative estimate of drug-likeness (QED) is 0.897. The van der Waals surface area contributed by atoms with E-state index in [0.717, 1.165) is 12.3 Å². The van der Waals surface area contributed by atoms with E-state index in [1.54, 1.807) is 18.2 Å². The van der Waals surface area contributed by atoms with Gasteiger partial charge in [-0.3, -0.25) is 0 Å². The lowest BCUT2D eigenvalue weighted by Crippen LogP contribution is -2.38. The van der Waals surface area contributed by atoms with E-state index in [1.165, 1.54) is 19.3 Å². The second-order valence-corrected chi connectivity index (χ2v) is 4.94. The Bertz CT molecular complexity index is 331. The van der Waals surface area contributed by atoms with Crippen LogP contribution in [0.1, 0.15) is 19.3 Å². The maximum atomic E-state index is 5.89. The fourth-order valence-electron chi connectivity index (χ4n) is 1.87. The Balaban J connectivity index is 1.88. The van der Waals surface area contributed by atoms with Crippen molar-refractivity contribution in [3.05, 3.63) is 28.2 Å². The summed E-state index contributed by atoms with van der Waals surface area (Å²) in [4.78, 5) is 0. The highest BCUT2D eigenvalue weighted by Crippen LogP contribution is 2.24. The molecule has 0 saturated carbocycles. The monoisotopic (exact) mass is 259 g/mol. The topological polar surface area (TPSA) is 21.3 Å². The summed E-state index contributed by atoms with van der Waals surface area (Å²) in [5.41, 5.74) is 0. The highest BCUT2D eigenvalue weighted by molar-refractivity contribution is 6.34. The maximum Gasteiger partial charge on any atom is 0.122 e. The molecule has 1 saturated heterocycles. The normalized spacial score (nSPS) is 20.8. The molecule has 1 aromatic carbocycles. The van der Waals surface area contributed by atoms with E-state index in [1.807, 2.05) is 0 Å². The molecule has 2 rings (SSSR count). The Labute approximate surface area is 106 Å². The Kier molecular flexibility index (Phi) is 4.33. The molecule has 1 heterocycles. The van der Waals surface area contributed by atoms with Crippen molar-refractivity contribution in [1.29, 1.82) is 0 Å². The summed E-state index contributed by atoms with van der Waals surface area (Å²) in [5, 5.41) is 4.65. The predicted octanol–water partition coefficient (Wildman–Crippen LogP) is 3.51. The number of rotatable bonds is 3. The van der Waals surface area contributed by atoms with Crippen LogP contribution in [0.3, 0.4) is 0 Å². The van der Waals surface area contributed by atoms with Crippen LogP contribution < -0.4 is 10.1 Å². The van der Waals surface area contributed by atoms with Gasteiger partial charge in [-0.25, -0.2) is 0 Å². The zero-order valence-corrected chi connectivity index (χ0v) is 10.5. The third kappa shape index (κ3) is 3.55. The zero-order chi connectivity index (χ0) is 11.4. The number of halogens is 2. The molecule has 0 amide bonds. The van der Waals surface area contributed by atoms with Crippen molar-refractivity contribution in [3.8, 4) is 5.75 Å². The Morgan fingerprint density at radius 3 is 2.56 bits per heavy atom. The summed E-state index contributed by atoms with van der Waals surface area (Å²) in [6, 6.07) is 5.73. The van der Waals surface area contributed by atoms with Crippen molar-refractivity contribution in [1.82, 2.24) is 5.32 Å². The number of hydrogen-bond donors (Lipinski definition) is 1.